The van der Waals surface area contributed by atoms with Gasteiger partial charge < -0.3 is 0 Å². The number of nitrogens with zero attached hydrogens (tertiary/aromatic N) is 1. The second-order valence-electron chi connectivity index (χ2n) is 8.61. The number of halogens is 1. The summed E-state index contributed by atoms with van der Waals surface area (Å²) < 4.78 is 36.4. The first-order valence-electron chi connectivity index (χ1n) is 10.5. The van der Waals surface area contributed by atoms with Crippen LogP contribution in [-0.4, -0.2) is 0 Å². The fraction of sp³-hybridized carbons (Fsp3) is 0.148. The summed E-state index contributed by atoms with van der Waals surface area (Å²) in [6.45, 7) is 6.86. The zero-order valence-corrected chi connectivity index (χ0v) is 19.4. The maximum atomic E-state index is 8.49. The summed E-state index contributed by atoms with van der Waals surface area (Å²) in [7, 11) is -4.94. The molecule has 1 aromatic heterocycles. The zero-order valence-electron chi connectivity index (χ0n) is 18.6. The molecule has 0 unspecified atom stereocenters. The minimum absolute atomic E-state index is 0.0460. The van der Waals surface area contributed by atoms with Crippen LogP contribution in [0.15, 0.2) is 91.0 Å². The van der Waals surface area contributed by atoms with Gasteiger partial charge in [0.15, 0.2) is 5.69 Å². The molecule has 0 aliphatic carbocycles. The summed E-state index contributed by atoms with van der Waals surface area (Å²) in [5, 5.41) is 0. The van der Waals surface area contributed by atoms with Crippen LogP contribution in [-0.2, 0) is 5.41 Å². The summed E-state index contributed by atoms with van der Waals surface area (Å²) in [6, 6.07) is 33.0. The van der Waals surface area contributed by atoms with Crippen LogP contribution in [0, 0.1) is 17.2 Å². The number of fused-ring (bicyclic) bond motifs is 3. The van der Waals surface area contributed by atoms with E-state index >= 15 is 0 Å². The monoisotopic (exact) mass is 461 g/mol. The minimum atomic E-state index is -4.94. The lowest BCUT2D eigenvalue weighted by Crippen LogP contribution is -2.68. The van der Waals surface area contributed by atoms with Gasteiger partial charge in [0.1, 0.15) is 0 Å². The molecule has 0 fully saturated rings. The van der Waals surface area contributed by atoms with E-state index in [1.165, 1.54) is 44.9 Å². The molecule has 5 rings (SSSR count). The van der Waals surface area contributed by atoms with Gasteiger partial charge >= 0.3 is 0 Å². The maximum absolute atomic E-state index is 8.49. The van der Waals surface area contributed by atoms with Crippen LogP contribution in [0.25, 0.3) is 28.1 Å². The Hall–Kier alpha value is -3.06. The number of aryl methyl sites for hydroxylation is 1. The molecular formula is C27H24ClNO4. The SMILES string of the molecule is Cc1ccc2c(c1)C(C)(C)c1cc(-c3ccccc3)cc(-c3ccccc3)[n+]1-2.[O-][Cl+3]([O-])([O-])[O-]. The van der Waals surface area contributed by atoms with Gasteiger partial charge in [0.2, 0.25) is 11.4 Å². The fourth-order valence-electron chi connectivity index (χ4n) is 4.42. The van der Waals surface area contributed by atoms with Gasteiger partial charge in [-0.15, -0.1) is 10.2 Å². The molecular weight excluding hydrogens is 438 g/mol. The quantitative estimate of drug-likeness (QED) is 0.422. The molecule has 4 aromatic rings. The summed E-state index contributed by atoms with van der Waals surface area (Å²) in [5.41, 5.74) is 10.3. The van der Waals surface area contributed by atoms with Crippen molar-refractivity contribution in [2.45, 2.75) is 26.2 Å². The Kier molecular flexibility index (Phi) is 6.10. The molecule has 0 amide bonds. The Morgan fingerprint density at radius 1 is 0.667 bits per heavy atom. The number of pyridine rings is 1. The Bertz CT molecular complexity index is 1280. The average molecular weight is 462 g/mol. The van der Waals surface area contributed by atoms with Gasteiger partial charge in [-0.3, -0.25) is 0 Å². The second-order valence-corrected chi connectivity index (χ2v) is 9.36. The van der Waals surface area contributed by atoms with Crippen molar-refractivity contribution < 1.29 is 33.4 Å². The lowest BCUT2D eigenvalue weighted by atomic mass is 9.82. The van der Waals surface area contributed by atoms with Crippen LogP contribution >= 0.6 is 0 Å². The third kappa shape index (κ3) is 4.83. The maximum Gasteiger partial charge on any atom is 0.219 e. The molecule has 0 spiro atoms. The average Bonchev–Trinajstić information content (AvgIpc) is 3.00. The smallest absolute Gasteiger partial charge is 0.219 e. The van der Waals surface area contributed by atoms with Gasteiger partial charge in [-0.05, 0) is 50.1 Å². The van der Waals surface area contributed by atoms with Crippen LogP contribution in [0.3, 0.4) is 0 Å². The molecule has 0 saturated carbocycles. The highest BCUT2D eigenvalue weighted by atomic mass is 35.7. The minimum Gasteiger partial charge on any atom is -0.222 e. The van der Waals surface area contributed by atoms with Crippen LogP contribution in [0.5, 0.6) is 0 Å². The van der Waals surface area contributed by atoms with E-state index in [2.05, 4.69) is 116 Å². The first-order chi connectivity index (χ1) is 15.6. The van der Waals surface area contributed by atoms with E-state index in [-0.39, 0.29) is 5.41 Å². The van der Waals surface area contributed by atoms with Gasteiger partial charge in [-0.25, -0.2) is 18.6 Å². The van der Waals surface area contributed by atoms with Crippen molar-refractivity contribution in [1.29, 1.82) is 0 Å². The van der Waals surface area contributed by atoms with Gasteiger partial charge in [0.25, 0.3) is 0 Å². The molecule has 6 heteroatoms. The normalized spacial score (nSPS) is 13.5. The Morgan fingerprint density at radius 3 is 1.79 bits per heavy atom. The van der Waals surface area contributed by atoms with Crippen LogP contribution in [0.2, 0.25) is 0 Å². The molecule has 0 bridgehead atoms. The Balaban J connectivity index is 0.000000471. The molecule has 0 atom stereocenters. The van der Waals surface area contributed by atoms with Gasteiger partial charge in [-0.2, -0.15) is 4.57 Å². The lowest BCUT2D eigenvalue weighted by Gasteiger charge is -2.17. The molecule has 0 N–H and O–H groups in total. The molecule has 5 nitrogen and oxygen atoms in total. The standard InChI is InChI=1S/C27H24N.ClHO4/c1-19-14-15-24-23(16-19)27(2,3)26-18-22(20-10-6-4-7-11-20)17-25(28(24)26)21-12-8-5-9-13-21;2-1(3,4)5/h4-18H,1-3H3;(H,2,3,4,5)/q+1;/p-1. The molecule has 0 saturated heterocycles. The summed E-state index contributed by atoms with van der Waals surface area (Å²) in [5.74, 6) is 0. The first-order valence-corrected chi connectivity index (χ1v) is 11.7. The van der Waals surface area contributed by atoms with Crippen molar-refractivity contribution in [2.24, 2.45) is 0 Å². The summed E-state index contributed by atoms with van der Waals surface area (Å²) in [6.07, 6.45) is 0. The van der Waals surface area contributed by atoms with Crippen molar-refractivity contribution in [3.8, 4) is 28.1 Å². The third-order valence-electron chi connectivity index (χ3n) is 5.95. The highest BCUT2D eigenvalue weighted by Crippen LogP contribution is 2.41. The van der Waals surface area contributed by atoms with E-state index in [4.69, 9.17) is 18.6 Å². The number of aromatic nitrogens is 1. The molecule has 168 valence electrons. The van der Waals surface area contributed by atoms with Crippen molar-refractivity contribution in [3.63, 3.8) is 0 Å². The highest BCUT2D eigenvalue weighted by Gasteiger charge is 2.45. The molecule has 33 heavy (non-hydrogen) atoms. The second kappa shape index (κ2) is 8.71. The number of benzene rings is 3. The Morgan fingerprint density at radius 2 is 1.21 bits per heavy atom. The lowest BCUT2D eigenvalue weighted by molar-refractivity contribution is -2.00. The van der Waals surface area contributed by atoms with Gasteiger partial charge in [-0.1, -0.05) is 60.2 Å². The number of rotatable bonds is 2. The molecule has 0 radical (unpaired) electrons. The van der Waals surface area contributed by atoms with E-state index in [9.17, 15) is 0 Å². The van der Waals surface area contributed by atoms with Crippen molar-refractivity contribution in [2.75, 3.05) is 0 Å². The summed E-state index contributed by atoms with van der Waals surface area (Å²) in [4.78, 5) is 0. The highest BCUT2D eigenvalue weighted by molar-refractivity contribution is 5.71. The first kappa shape index (κ1) is 23.1. The number of hydrogen-bond acceptors (Lipinski definition) is 4. The van der Waals surface area contributed by atoms with Crippen molar-refractivity contribution >= 4 is 0 Å². The molecule has 1 aliphatic rings. The van der Waals surface area contributed by atoms with Crippen molar-refractivity contribution in [1.82, 2.24) is 0 Å². The van der Waals surface area contributed by atoms with E-state index in [1.54, 1.807) is 0 Å². The topological polar surface area (TPSA) is 96.1 Å². The molecule has 1 aliphatic heterocycles. The predicted molar refractivity (Wildman–Crippen MR) is 116 cm³/mol. The Labute approximate surface area is 195 Å². The van der Waals surface area contributed by atoms with Gasteiger partial charge in [0, 0.05) is 29.3 Å². The zero-order chi connectivity index (χ0) is 23.8. The van der Waals surface area contributed by atoms with Crippen LogP contribution in [0.1, 0.15) is 30.7 Å². The van der Waals surface area contributed by atoms with E-state index in [1.807, 2.05) is 0 Å². The third-order valence-corrected chi connectivity index (χ3v) is 5.95. The van der Waals surface area contributed by atoms with Crippen LogP contribution in [0.4, 0.5) is 0 Å². The van der Waals surface area contributed by atoms with Crippen molar-refractivity contribution in [3.05, 3.63) is 108 Å². The fourth-order valence-corrected chi connectivity index (χ4v) is 4.42. The largest absolute Gasteiger partial charge is 0.222 e. The molecule has 2 heterocycles. The predicted octanol–water partition coefficient (Wildman–Crippen LogP) is 1.49. The molecule has 3 aromatic carbocycles. The van der Waals surface area contributed by atoms with Gasteiger partial charge in [0.05, 0.1) is 5.41 Å². The summed E-state index contributed by atoms with van der Waals surface area (Å²) >= 11 is 0. The van der Waals surface area contributed by atoms with E-state index in [0.29, 0.717) is 0 Å². The van der Waals surface area contributed by atoms with E-state index in [0.717, 1.165) is 0 Å². The number of hydrogen-bond donors (Lipinski definition) is 0. The van der Waals surface area contributed by atoms with Crippen LogP contribution < -0.4 is 23.2 Å². The van der Waals surface area contributed by atoms with E-state index < -0.39 is 10.2 Å².